The van der Waals surface area contributed by atoms with Crippen molar-refractivity contribution in [3.8, 4) is 0 Å². The highest BCUT2D eigenvalue weighted by molar-refractivity contribution is 5.58. The van der Waals surface area contributed by atoms with Crippen LogP contribution in [0.2, 0.25) is 0 Å². The van der Waals surface area contributed by atoms with Gasteiger partial charge < -0.3 is 10.7 Å². The van der Waals surface area contributed by atoms with Gasteiger partial charge >= 0.3 is 0 Å². The zero-order valence-corrected chi connectivity index (χ0v) is 10.9. The van der Waals surface area contributed by atoms with Gasteiger partial charge in [0.1, 0.15) is 5.82 Å². The Morgan fingerprint density at radius 3 is 2.63 bits per heavy atom. The second-order valence-corrected chi connectivity index (χ2v) is 4.81. The molecule has 0 saturated carbocycles. The van der Waals surface area contributed by atoms with Gasteiger partial charge in [0.2, 0.25) is 5.95 Å². The summed E-state index contributed by atoms with van der Waals surface area (Å²) in [4.78, 5) is 8.98. The lowest BCUT2D eigenvalue weighted by Gasteiger charge is -2.10. The highest BCUT2D eigenvalue weighted by atomic mass is 15.3. The Labute approximate surface area is 112 Å². The molecule has 1 aliphatic rings. The van der Waals surface area contributed by atoms with E-state index in [4.69, 9.17) is 5.84 Å². The van der Waals surface area contributed by atoms with Gasteiger partial charge in [0.05, 0.1) is 5.69 Å². The molecule has 0 unspecified atom stereocenters. The van der Waals surface area contributed by atoms with Gasteiger partial charge in [-0.15, -0.1) is 0 Å². The van der Waals surface area contributed by atoms with Crippen LogP contribution in [0.15, 0.2) is 24.3 Å². The van der Waals surface area contributed by atoms with Crippen LogP contribution in [0.1, 0.15) is 23.2 Å². The molecule has 5 nitrogen and oxygen atoms in total. The number of fused-ring (bicyclic) bond motifs is 1. The summed E-state index contributed by atoms with van der Waals surface area (Å²) in [6.07, 6.45) is 3.11. The Morgan fingerprint density at radius 1 is 1.11 bits per heavy atom. The molecule has 98 valence electrons. The van der Waals surface area contributed by atoms with E-state index in [1.54, 1.807) is 0 Å². The smallest absolute Gasteiger partial charge is 0.229 e. The molecule has 0 saturated heterocycles. The number of nitrogens with two attached hydrogens (primary N) is 1. The monoisotopic (exact) mass is 255 g/mol. The zero-order chi connectivity index (χ0) is 13.2. The van der Waals surface area contributed by atoms with E-state index in [-0.39, 0.29) is 0 Å². The number of nitrogen functional groups attached to an aromatic ring is 1. The Bertz CT molecular complexity index is 592. The molecule has 1 aromatic carbocycles. The maximum atomic E-state index is 5.54. The third kappa shape index (κ3) is 2.37. The molecule has 0 bridgehead atoms. The van der Waals surface area contributed by atoms with Gasteiger partial charge in [-0.25, -0.2) is 10.8 Å². The lowest BCUT2D eigenvalue weighted by molar-refractivity contribution is 0.900. The number of nitrogens with one attached hydrogen (secondary N) is 2. The number of aryl methyl sites for hydroxylation is 2. The van der Waals surface area contributed by atoms with Gasteiger partial charge in [-0.2, -0.15) is 4.98 Å². The summed E-state index contributed by atoms with van der Waals surface area (Å²) in [6.45, 7) is 2.06. The summed E-state index contributed by atoms with van der Waals surface area (Å²) in [6, 6.07) is 8.14. The largest absolute Gasteiger partial charge is 0.324 e. The lowest BCUT2D eigenvalue weighted by atomic mass is 10.2. The number of hydrogen-bond donors (Lipinski definition) is 3. The van der Waals surface area contributed by atoms with Crippen LogP contribution in [0.3, 0.4) is 0 Å². The van der Waals surface area contributed by atoms with Crippen molar-refractivity contribution in [3.63, 3.8) is 0 Å². The first kappa shape index (κ1) is 11.9. The number of nitrogens with zero attached hydrogens (tertiary/aromatic N) is 2. The first-order chi connectivity index (χ1) is 9.26. The average Bonchev–Trinajstić information content (AvgIpc) is 2.89. The third-order valence-electron chi connectivity index (χ3n) is 3.38. The second-order valence-electron chi connectivity index (χ2n) is 4.81. The Morgan fingerprint density at radius 2 is 1.89 bits per heavy atom. The molecule has 3 rings (SSSR count). The van der Waals surface area contributed by atoms with Crippen molar-refractivity contribution in [1.82, 2.24) is 9.97 Å². The number of rotatable bonds is 3. The van der Waals surface area contributed by atoms with Crippen LogP contribution < -0.4 is 16.6 Å². The minimum Gasteiger partial charge on any atom is -0.324 e. The molecule has 1 aromatic heterocycles. The van der Waals surface area contributed by atoms with E-state index < -0.39 is 0 Å². The molecule has 19 heavy (non-hydrogen) atoms. The molecular formula is C14H17N5. The van der Waals surface area contributed by atoms with Crippen LogP contribution in [0.5, 0.6) is 0 Å². The van der Waals surface area contributed by atoms with Gasteiger partial charge in [0, 0.05) is 11.3 Å². The molecule has 2 aromatic rings. The van der Waals surface area contributed by atoms with Crippen LogP contribution in [0, 0.1) is 6.92 Å². The molecule has 0 fully saturated rings. The zero-order valence-electron chi connectivity index (χ0n) is 10.9. The van der Waals surface area contributed by atoms with Crippen LogP contribution in [0.4, 0.5) is 17.5 Å². The first-order valence-corrected chi connectivity index (χ1v) is 6.46. The predicted molar refractivity (Wildman–Crippen MR) is 76.3 cm³/mol. The van der Waals surface area contributed by atoms with E-state index in [0.29, 0.717) is 5.95 Å². The molecular weight excluding hydrogens is 238 g/mol. The van der Waals surface area contributed by atoms with Gasteiger partial charge in [-0.05, 0) is 38.3 Å². The van der Waals surface area contributed by atoms with Crippen LogP contribution >= 0.6 is 0 Å². The van der Waals surface area contributed by atoms with Gasteiger partial charge in [-0.1, -0.05) is 17.7 Å². The summed E-state index contributed by atoms with van der Waals surface area (Å²) >= 11 is 0. The molecule has 1 aliphatic carbocycles. The summed E-state index contributed by atoms with van der Waals surface area (Å²) in [5, 5.41) is 3.22. The average molecular weight is 255 g/mol. The fourth-order valence-corrected chi connectivity index (χ4v) is 2.37. The molecule has 5 heteroatoms. The number of hydrazine groups is 1. The standard InChI is InChI=1S/C14H17N5/c1-9-5-7-10(8-6-9)16-14-17-12-4-2-3-11(12)13(18-14)19-15/h5-8H,2-4,15H2,1H3,(H2,16,17,18,19). The summed E-state index contributed by atoms with van der Waals surface area (Å²) in [5.41, 5.74) is 7.12. The maximum absolute atomic E-state index is 5.54. The number of hydrogen-bond acceptors (Lipinski definition) is 5. The normalized spacial score (nSPS) is 13.2. The van der Waals surface area contributed by atoms with E-state index >= 15 is 0 Å². The van der Waals surface area contributed by atoms with E-state index in [9.17, 15) is 0 Å². The highest BCUT2D eigenvalue weighted by Gasteiger charge is 2.18. The SMILES string of the molecule is Cc1ccc(Nc2nc3c(c(NN)n2)CCC3)cc1. The number of benzene rings is 1. The minimum atomic E-state index is 0.595. The Hall–Kier alpha value is -2.14. The Balaban J connectivity index is 1.91. The number of aromatic nitrogens is 2. The van der Waals surface area contributed by atoms with E-state index in [1.165, 1.54) is 5.56 Å². The van der Waals surface area contributed by atoms with Crippen LogP contribution in [0.25, 0.3) is 0 Å². The van der Waals surface area contributed by atoms with Crippen molar-refractivity contribution in [2.75, 3.05) is 10.7 Å². The van der Waals surface area contributed by atoms with Crippen molar-refractivity contribution in [2.24, 2.45) is 5.84 Å². The molecule has 0 aliphatic heterocycles. The molecule has 1 heterocycles. The summed E-state index contributed by atoms with van der Waals surface area (Å²) in [5.74, 6) is 6.87. The van der Waals surface area contributed by atoms with Crippen molar-refractivity contribution in [3.05, 3.63) is 41.1 Å². The van der Waals surface area contributed by atoms with Gasteiger partial charge in [0.15, 0.2) is 0 Å². The quantitative estimate of drug-likeness (QED) is 0.579. The molecule has 0 radical (unpaired) electrons. The Kier molecular flexibility index (Phi) is 3.05. The van der Waals surface area contributed by atoms with E-state index in [0.717, 1.165) is 42.0 Å². The van der Waals surface area contributed by atoms with Gasteiger partial charge in [-0.3, -0.25) is 0 Å². The third-order valence-corrected chi connectivity index (χ3v) is 3.38. The second kappa shape index (κ2) is 4.85. The first-order valence-electron chi connectivity index (χ1n) is 6.46. The van der Waals surface area contributed by atoms with Crippen molar-refractivity contribution >= 4 is 17.5 Å². The molecule has 4 N–H and O–H groups in total. The topological polar surface area (TPSA) is 75.9 Å². The molecule has 0 atom stereocenters. The summed E-state index contributed by atoms with van der Waals surface area (Å²) < 4.78 is 0. The molecule has 0 spiro atoms. The maximum Gasteiger partial charge on any atom is 0.229 e. The lowest BCUT2D eigenvalue weighted by Crippen LogP contribution is -2.13. The fraction of sp³-hybridized carbons (Fsp3) is 0.286. The van der Waals surface area contributed by atoms with E-state index in [1.807, 2.05) is 12.1 Å². The van der Waals surface area contributed by atoms with E-state index in [2.05, 4.69) is 39.8 Å². The summed E-state index contributed by atoms with van der Waals surface area (Å²) in [7, 11) is 0. The van der Waals surface area contributed by atoms with Crippen LogP contribution in [-0.4, -0.2) is 9.97 Å². The molecule has 0 amide bonds. The predicted octanol–water partition coefficient (Wildman–Crippen LogP) is 2.30. The number of anilines is 3. The van der Waals surface area contributed by atoms with Crippen LogP contribution in [-0.2, 0) is 12.8 Å². The van der Waals surface area contributed by atoms with Crippen molar-refractivity contribution in [2.45, 2.75) is 26.2 Å². The van der Waals surface area contributed by atoms with Crippen molar-refractivity contribution in [1.29, 1.82) is 0 Å². The van der Waals surface area contributed by atoms with Gasteiger partial charge in [0.25, 0.3) is 0 Å². The van der Waals surface area contributed by atoms with Crippen molar-refractivity contribution < 1.29 is 0 Å². The highest BCUT2D eigenvalue weighted by Crippen LogP contribution is 2.27. The minimum absolute atomic E-state index is 0.595. The fourth-order valence-electron chi connectivity index (χ4n) is 2.37.